The zero-order chi connectivity index (χ0) is 9.80. The summed E-state index contributed by atoms with van der Waals surface area (Å²) in [5.41, 5.74) is 0. The van der Waals surface area contributed by atoms with Gasteiger partial charge in [0.1, 0.15) is 0 Å². The van der Waals surface area contributed by atoms with Crippen LogP contribution in [0.2, 0.25) is 0 Å². The van der Waals surface area contributed by atoms with Crippen LogP contribution in [0.1, 0.15) is 32.6 Å². The first-order chi connectivity index (χ1) is 6.88. The Kier molecular flexibility index (Phi) is 3.82. The minimum Gasteiger partial charge on any atom is -0.316 e. The fraction of sp³-hybridized carbons (Fsp3) is 1.00. The summed E-state index contributed by atoms with van der Waals surface area (Å²) in [6.45, 7) is 8.90. The summed E-state index contributed by atoms with van der Waals surface area (Å²) >= 11 is 0. The smallest absolute Gasteiger partial charge is 0.00223 e. The van der Waals surface area contributed by atoms with Crippen LogP contribution in [0.3, 0.4) is 0 Å². The quantitative estimate of drug-likeness (QED) is 0.739. The molecule has 0 aromatic heterocycles. The van der Waals surface area contributed by atoms with Crippen LogP contribution in [0.5, 0.6) is 0 Å². The van der Waals surface area contributed by atoms with Crippen LogP contribution in [0.15, 0.2) is 0 Å². The number of piperidine rings is 1. The average Bonchev–Trinajstić information content (AvgIpc) is 2.72. The van der Waals surface area contributed by atoms with Crippen molar-refractivity contribution in [2.75, 3.05) is 32.7 Å². The molecule has 82 valence electrons. The second-order valence-electron chi connectivity index (χ2n) is 5.01. The van der Waals surface area contributed by atoms with E-state index >= 15 is 0 Å². The number of nitrogens with zero attached hydrogens (tertiary/aromatic N) is 1. The molecule has 1 atom stereocenters. The highest BCUT2D eigenvalue weighted by Gasteiger charge is 2.22. The molecule has 0 saturated carbocycles. The fourth-order valence-electron chi connectivity index (χ4n) is 2.81. The first-order valence-electron chi connectivity index (χ1n) is 6.31. The van der Waals surface area contributed by atoms with Gasteiger partial charge in [0.2, 0.25) is 0 Å². The molecule has 0 unspecified atom stereocenters. The Morgan fingerprint density at radius 2 is 1.93 bits per heavy atom. The minimum atomic E-state index is 0.938. The van der Waals surface area contributed by atoms with E-state index < -0.39 is 0 Å². The van der Waals surface area contributed by atoms with Gasteiger partial charge in [-0.25, -0.2) is 0 Å². The first kappa shape index (κ1) is 10.4. The van der Waals surface area contributed by atoms with Gasteiger partial charge in [0.25, 0.3) is 0 Å². The van der Waals surface area contributed by atoms with E-state index in [-0.39, 0.29) is 0 Å². The van der Waals surface area contributed by atoms with Crippen molar-refractivity contribution in [2.45, 2.75) is 32.6 Å². The van der Waals surface area contributed by atoms with Gasteiger partial charge in [-0.05, 0) is 57.3 Å². The van der Waals surface area contributed by atoms with E-state index in [1.54, 1.807) is 0 Å². The molecule has 14 heavy (non-hydrogen) atoms. The van der Waals surface area contributed by atoms with E-state index in [4.69, 9.17) is 0 Å². The third kappa shape index (κ3) is 2.71. The average molecular weight is 196 g/mol. The highest BCUT2D eigenvalue weighted by atomic mass is 15.1. The van der Waals surface area contributed by atoms with E-state index in [0.29, 0.717) is 0 Å². The summed E-state index contributed by atoms with van der Waals surface area (Å²) in [6.07, 6.45) is 5.67. The normalized spacial score (nSPS) is 31.1. The molecule has 0 aromatic carbocycles. The number of hydrogen-bond acceptors (Lipinski definition) is 2. The molecule has 2 nitrogen and oxygen atoms in total. The zero-order valence-electron chi connectivity index (χ0n) is 9.47. The van der Waals surface area contributed by atoms with Crippen molar-refractivity contribution in [1.82, 2.24) is 10.2 Å². The van der Waals surface area contributed by atoms with E-state index in [1.807, 2.05) is 0 Å². The molecule has 2 fully saturated rings. The third-order valence-electron chi connectivity index (χ3n) is 3.96. The van der Waals surface area contributed by atoms with Gasteiger partial charge in [-0.15, -0.1) is 0 Å². The second-order valence-corrected chi connectivity index (χ2v) is 5.01. The monoisotopic (exact) mass is 196 g/mol. The molecule has 1 N–H and O–H groups in total. The van der Waals surface area contributed by atoms with Gasteiger partial charge in [-0.1, -0.05) is 13.3 Å². The van der Waals surface area contributed by atoms with Crippen molar-refractivity contribution in [3.8, 4) is 0 Å². The molecule has 0 radical (unpaired) electrons. The summed E-state index contributed by atoms with van der Waals surface area (Å²) in [5, 5.41) is 3.46. The highest BCUT2D eigenvalue weighted by molar-refractivity contribution is 4.78. The first-order valence-corrected chi connectivity index (χ1v) is 6.31. The van der Waals surface area contributed by atoms with Crippen molar-refractivity contribution < 1.29 is 0 Å². The number of nitrogens with one attached hydrogen (secondary N) is 1. The van der Waals surface area contributed by atoms with Crippen LogP contribution in [0, 0.1) is 11.8 Å². The lowest BCUT2D eigenvalue weighted by molar-refractivity contribution is 0.162. The Labute approximate surface area is 88.1 Å². The molecule has 0 bridgehead atoms. The van der Waals surface area contributed by atoms with E-state index in [2.05, 4.69) is 17.1 Å². The van der Waals surface area contributed by atoms with Crippen LogP contribution in [-0.2, 0) is 0 Å². The standard InChI is InChI=1S/C12H24N2/c1-2-11-4-7-14(8-5-11)10-12-3-6-13-9-12/h11-13H,2-10H2,1H3/t12-/m0/s1. The van der Waals surface area contributed by atoms with Gasteiger partial charge in [0.05, 0.1) is 0 Å². The molecule has 2 heteroatoms. The third-order valence-corrected chi connectivity index (χ3v) is 3.96. The second kappa shape index (κ2) is 5.13. The molecule has 2 rings (SSSR count). The van der Waals surface area contributed by atoms with Gasteiger partial charge in [0, 0.05) is 6.54 Å². The van der Waals surface area contributed by atoms with Crippen LogP contribution >= 0.6 is 0 Å². The molecule has 0 spiro atoms. The summed E-state index contributed by atoms with van der Waals surface area (Å²) in [4.78, 5) is 2.68. The molecule has 2 aliphatic heterocycles. The Morgan fingerprint density at radius 1 is 1.14 bits per heavy atom. The highest BCUT2D eigenvalue weighted by Crippen LogP contribution is 2.21. The summed E-state index contributed by atoms with van der Waals surface area (Å²) in [5.74, 6) is 1.96. The van der Waals surface area contributed by atoms with Crippen LogP contribution in [0.4, 0.5) is 0 Å². The molecule has 2 aliphatic rings. The van der Waals surface area contributed by atoms with Crippen molar-refractivity contribution >= 4 is 0 Å². The van der Waals surface area contributed by atoms with Crippen molar-refractivity contribution in [1.29, 1.82) is 0 Å². The van der Waals surface area contributed by atoms with E-state index in [0.717, 1.165) is 11.8 Å². The van der Waals surface area contributed by atoms with E-state index in [9.17, 15) is 0 Å². The van der Waals surface area contributed by atoms with E-state index in [1.165, 1.54) is 58.4 Å². The molecule has 2 heterocycles. The van der Waals surface area contributed by atoms with Crippen molar-refractivity contribution in [2.24, 2.45) is 11.8 Å². The number of hydrogen-bond donors (Lipinski definition) is 1. The summed E-state index contributed by atoms with van der Waals surface area (Å²) in [7, 11) is 0. The van der Waals surface area contributed by atoms with Gasteiger partial charge in [-0.3, -0.25) is 0 Å². The largest absolute Gasteiger partial charge is 0.316 e. The predicted molar refractivity (Wildman–Crippen MR) is 60.4 cm³/mol. The molecule has 0 aromatic rings. The van der Waals surface area contributed by atoms with Gasteiger partial charge in [0.15, 0.2) is 0 Å². The Hall–Kier alpha value is -0.0800. The molecular weight excluding hydrogens is 172 g/mol. The predicted octanol–water partition coefficient (Wildman–Crippen LogP) is 1.72. The Morgan fingerprint density at radius 3 is 2.50 bits per heavy atom. The van der Waals surface area contributed by atoms with Gasteiger partial charge in [-0.2, -0.15) is 0 Å². The summed E-state index contributed by atoms with van der Waals surface area (Å²) in [6, 6.07) is 0. The van der Waals surface area contributed by atoms with Crippen molar-refractivity contribution in [3.63, 3.8) is 0 Å². The molecular formula is C12H24N2. The number of rotatable bonds is 3. The lowest BCUT2D eigenvalue weighted by Gasteiger charge is -2.32. The van der Waals surface area contributed by atoms with Gasteiger partial charge < -0.3 is 10.2 Å². The van der Waals surface area contributed by atoms with Crippen LogP contribution < -0.4 is 5.32 Å². The van der Waals surface area contributed by atoms with Crippen LogP contribution in [0.25, 0.3) is 0 Å². The fourth-order valence-corrected chi connectivity index (χ4v) is 2.81. The molecule has 2 saturated heterocycles. The number of likely N-dealkylation sites (tertiary alicyclic amines) is 1. The lowest BCUT2D eigenvalue weighted by atomic mass is 9.94. The lowest BCUT2D eigenvalue weighted by Crippen LogP contribution is -2.37. The minimum absolute atomic E-state index is 0.938. The SMILES string of the molecule is CCC1CCN(C[C@H]2CCNC2)CC1. The summed E-state index contributed by atoms with van der Waals surface area (Å²) < 4.78 is 0. The van der Waals surface area contributed by atoms with Crippen molar-refractivity contribution in [3.05, 3.63) is 0 Å². The maximum Gasteiger partial charge on any atom is 0.00223 e. The van der Waals surface area contributed by atoms with Gasteiger partial charge >= 0.3 is 0 Å². The molecule has 0 amide bonds. The zero-order valence-corrected chi connectivity index (χ0v) is 9.47. The Balaban J connectivity index is 1.67. The van der Waals surface area contributed by atoms with Crippen LogP contribution in [-0.4, -0.2) is 37.6 Å². The molecule has 0 aliphatic carbocycles. The topological polar surface area (TPSA) is 15.3 Å². The maximum absolute atomic E-state index is 3.46. The Bertz CT molecular complexity index is 156. The maximum atomic E-state index is 3.46.